The molecule has 0 spiro atoms. The molecule has 0 aliphatic rings. The van der Waals surface area contributed by atoms with Crippen molar-refractivity contribution in [1.29, 1.82) is 0 Å². The van der Waals surface area contributed by atoms with Crippen LogP contribution in [-0.4, -0.2) is 0 Å². The Hall–Kier alpha value is -3.42. The van der Waals surface area contributed by atoms with Crippen LogP contribution >= 0.6 is 63.7 Å². The van der Waals surface area contributed by atoms with E-state index in [0.29, 0.717) is 21.5 Å². The molecule has 0 aromatic heterocycles. The number of halogens is 4. The van der Waals surface area contributed by atoms with Crippen molar-refractivity contribution in [2.45, 2.75) is 0 Å². The molecule has 0 amide bonds. The van der Waals surface area contributed by atoms with Crippen LogP contribution in [0, 0.1) is 0 Å². The van der Waals surface area contributed by atoms with Gasteiger partial charge in [-0.05, 0) is 142 Å². The van der Waals surface area contributed by atoms with Gasteiger partial charge in [-0.25, -0.2) is 0 Å². The van der Waals surface area contributed by atoms with Crippen molar-refractivity contribution < 1.29 is 0 Å². The molecular weight excluding hydrogens is 808 g/mol. The van der Waals surface area contributed by atoms with Crippen LogP contribution < -0.4 is 10.9 Å². The number of rotatable bonds is 0. The van der Waals surface area contributed by atoms with Crippen LogP contribution in [0.5, 0.6) is 0 Å². The van der Waals surface area contributed by atoms with Gasteiger partial charge in [0.05, 0.1) is 0 Å². The van der Waals surface area contributed by atoms with Crippen LogP contribution in [0.2, 0.25) is 0 Å². The van der Waals surface area contributed by atoms with Crippen molar-refractivity contribution >= 4 is 161 Å². The number of hydrogen-bond acceptors (Lipinski definition) is 2. The van der Waals surface area contributed by atoms with Crippen molar-refractivity contribution in [3.63, 3.8) is 0 Å². The smallest absolute Gasteiger partial charge is 0.195 e. The van der Waals surface area contributed by atoms with Gasteiger partial charge in [-0.3, -0.25) is 9.59 Å². The number of fused-ring (bicyclic) bond motifs is 6. The molecule has 0 atom stereocenters. The molecule has 10 rings (SSSR count). The average Bonchev–Trinajstić information content (AvgIpc) is 3.05. The first-order chi connectivity index (χ1) is 21.4. The van der Waals surface area contributed by atoms with Crippen LogP contribution in [0.15, 0.2) is 112 Å². The van der Waals surface area contributed by atoms with E-state index in [9.17, 15) is 9.59 Å². The van der Waals surface area contributed by atoms with E-state index < -0.39 is 0 Å². The van der Waals surface area contributed by atoms with Crippen LogP contribution in [0.25, 0.3) is 97.0 Å². The van der Waals surface area contributed by atoms with E-state index in [0.717, 1.165) is 93.3 Å². The standard InChI is InChI=1S/C38H14Br4O2/c39-33-17-5-1-3-7-19(17)35(41)31-29(33)23-13-15-9-12-22-28-24(14-16-10-11-21(37(31)43)27(23)25(16)26(15)28)30-32(38(22)44)36(42)20-8-4-2-6-18(20)34(30)40/h1-14H. The SMILES string of the molecule is O=c1c2ccc3cc4c5c(Br)c6ccccc6c(Br)c5c(=O)c5ccc6cc(c7c(Br)c8ccccc8c(Br)c17)c2c3c6c54. The van der Waals surface area contributed by atoms with E-state index in [-0.39, 0.29) is 10.9 Å². The molecule has 0 unspecified atom stereocenters. The molecule has 0 radical (unpaired) electrons. The van der Waals surface area contributed by atoms with Crippen LogP contribution in [-0.2, 0) is 0 Å². The number of hydrogen-bond donors (Lipinski definition) is 0. The van der Waals surface area contributed by atoms with Gasteiger partial charge in [-0.2, -0.15) is 0 Å². The van der Waals surface area contributed by atoms with Gasteiger partial charge in [0.1, 0.15) is 0 Å². The molecule has 0 saturated carbocycles. The van der Waals surface area contributed by atoms with Gasteiger partial charge < -0.3 is 0 Å². The second-order valence-electron chi connectivity index (χ2n) is 11.5. The normalized spacial score (nSPS) is 12.7. The summed E-state index contributed by atoms with van der Waals surface area (Å²) in [6, 6.07) is 28.7. The average molecular weight is 822 g/mol. The molecule has 0 N–H and O–H groups in total. The number of benzene rings is 10. The zero-order chi connectivity index (χ0) is 29.8. The van der Waals surface area contributed by atoms with Gasteiger partial charge in [0.15, 0.2) is 10.9 Å². The Kier molecular flexibility index (Phi) is 5.08. The molecule has 6 heteroatoms. The van der Waals surface area contributed by atoms with E-state index in [1.54, 1.807) is 0 Å². The van der Waals surface area contributed by atoms with E-state index in [4.69, 9.17) is 0 Å². The van der Waals surface area contributed by atoms with Crippen LogP contribution in [0.4, 0.5) is 0 Å². The highest BCUT2D eigenvalue weighted by molar-refractivity contribution is 9.11. The predicted octanol–water partition coefficient (Wildman–Crippen LogP) is 12.1. The van der Waals surface area contributed by atoms with Gasteiger partial charge in [-0.15, -0.1) is 0 Å². The Morgan fingerprint density at radius 3 is 1.02 bits per heavy atom. The Bertz CT molecular complexity index is 2870. The van der Waals surface area contributed by atoms with Crippen molar-refractivity contribution in [3.05, 3.63) is 123 Å². The first-order valence-corrected chi connectivity index (χ1v) is 17.2. The summed E-state index contributed by atoms with van der Waals surface area (Å²) in [5, 5.41) is 16.6. The lowest BCUT2D eigenvalue weighted by atomic mass is 9.83. The highest BCUT2D eigenvalue weighted by atomic mass is 79.9. The fraction of sp³-hybridized carbons (Fsp3) is 0. The fourth-order valence-corrected chi connectivity index (χ4v) is 10.7. The largest absolute Gasteiger partial charge is 0.289 e. The summed E-state index contributed by atoms with van der Waals surface area (Å²) in [7, 11) is 0. The molecule has 206 valence electrons. The molecule has 44 heavy (non-hydrogen) atoms. The first-order valence-electron chi connectivity index (χ1n) is 14.0. The topological polar surface area (TPSA) is 34.1 Å². The molecule has 0 heterocycles. The molecule has 10 aromatic carbocycles. The highest BCUT2D eigenvalue weighted by Gasteiger charge is 2.26. The minimum absolute atomic E-state index is 0.00382. The van der Waals surface area contributed by atoms with Crippen molar-refractivity contribution in [1.82, 2.24) is 0 Å². The van der Waals surface area contributed by atoms with E-state index >= 15 is 0 Å². The minimum Gasteiger partial charge on any atom is -0.289 e. The summed E-state index contributed by atoms with van der Waals surface area (Å²) >= 11 is 15.5. The van der Waals surface area contributed by atoms with E-state index in [2.05, 4.69) is 100 Å². The molecule has 0 fully saturated rings. The van der Waals surface area contributed by atoms with Crippen molar-refractivity contribution in [2.24, 2.45) is 0 Å². The maximum atomic E-state index is 14.4. The molecule has 10 aromatic rings. The third-order valence-corrected chi connectivity index (χ3v) is 12.8. The lowest BCUT2D eigenvalue weighted by molar-refractivity contribution is 1.70. The quantitative estimate of drug-likeness (QED) is 0.113. The summed E-state index contributed by atoms with van der Waals surface area (Å²) < 4.78 is 3.44. The van der Waals surface area contributed by atoms with Crippen LogP contribution in [0.1, 0.15) is 0 Å². The Morgan fingerprint density at radius 2 is 0.659 bits per heavy atom. The molecule has 0 aliphatic heterocycles. The lowest BCUT2D eigenvalue weighted by Gasteiger charge is -2.20. The second-order valence-corrected chi connectivity index (χ2v) is 14.7. The maximum Gasteiger partial charge on any atom is 0.195 e. The molecule has 2 nitrogen and oxygen atoms in total. The molecular formula is C38H14Br4O2. The summed E-state index contributed by atoms with van der Waals surface area (Å²) in [6.45, 7) is 0. The summed E-state index contributed by atoms with van der Waals surface area (Å²) in [5.74, 6) is 0. The van der Waals surface area contributed by atoms with Gasteiger partial charge >= 0.3 is 0 Å². The van der Waals surface area contributed by atoms with E-state index in [1.165, 1.54) is 0 Å². The third-order valence-electron chi connectivity index (χ3n) is 9.52. The molecule has 0 saturated heterocycles. The zero-order valence-electron chi connectivity index (χ0n) is 22.4. The summed E-state index contributed by atoms with van der Waals surface area (Å²) in [4.78, 5) is 28.7. The second kappa shape index (κ2) is 8.64. The highest BCUT2D eigenvalue weighted by Crippen LogP contribution is 2.50. The van der Waals surface area contributed by atoms with Crippen LogP contribution in [0.3, 0.4) is 0 Å². The Balaban J connectivity index is 1.53. The van der Waals surface area contributed by atoms with Crippen molar-refractivity contribution in [2.75, 3.05) is 0 Å². The van der Waals surface area contributed by atoms with Gasteiger partial charge in [0.25, 0.3) is 0 Å². The summed E-state index contributed by atoms with van der Waals surface area (Å²) in [5.41, 5.74) is -0.00765. The summed E-state index contributed by atoms with van der Waals surface area (Å²) in [6.07, 6.45) is 0. The Labute approximate surface area is 281 Å². The zero-order valence-corrected chi connectivity index (χ0v) is 28.8. The monoisotopic (exact) mass is 818 g/mol. The minimum atomic E-state index is -0.00382. The van der Waals surface area contributed by atoms with Crippen molar-refractivity contribution in [3.8, 4) is 0 Å². The van der Waals surface area contributed by atoms with Gasteiger partial charge in [0, 0.05) is 61.0 Å². The first kappa shape index (κ1) is 25.9. The van der Waals surface area contributed by atoms with Gasteiger partial charge in [-0.1, -0.05) is 60.7 Å². The van der Waals surface area contributed by atoms with Gasteiger partial charge in [0.2, 0.25) is 0 Å². The predicted molar refractivity (Wildman–Crippen MR) is 201 cm³/mol. The molecule has 0 bridgehead atoms. The lowest BCUT2D eigenvalue weighted by Crippen LogP contribution is -2.07. The third kappa shape index (κ3) is 2.92. The molecule has 0 aliphatic carbocycles. The van der Waals surface area contributed by atoms with E-state index in [1.807, 2.05) is 48.5 Å². The Morgan fingerprint density at radius 1 is 0.318 bits per heavy atom. The fourth-order valence-electron chi connectivity index (χ4n) is 7.72. The maximum absolute atomic E-state index is 14.4.